The van der Waals surface area contributed by atoms with Gasteiger partial charge in [0.05, 0.1) is 19.3 Å². The molecule has 0 aliphatic carbocycles. The van der Waals surface area contributed by atoms with Crippen molar-refractivity contribution in [3.63, 3.8) is 0 Å². The minimum Gasteiger partial charge on any atom is -0.464 e. The summed E-state index contributed by atoms with van der Waals surface area (Å²) in [7, 11) is 1.32. The molecule has 0 spiro atoms. The van der Waals surface area contributed by atoms with E-state index < -0.39 is 5.97 Å². The van der Waals surface area contributed by atoms with Crippen molar-refractivity contribution in [3.05, 3.63) is 46.1 Å². The minimum atomic E-state index is -0.485. The lowest BCUT2D eigenvalue weighted by atomic mass is 10.2. The number of aromatic nitrogens is 4. The van der Waals surface area contributed by atoms with Crippen molar-refractivity contribution in [2.45, 2.75) is 32.9 Å². The number of aryl methyl sites for hydroxylation is 2. The Morgan fingerprint density at radius 1 is 1.33 bits per heavy atom. The third kappa shape index (κ3) is 3.36. The molecule has 2 rings (SSSR count). The number of carbonyl (C=O) groups excluding carboxylic acids is 1. The lowest BCUT2D eigenvalue weighted by Crippen LogP contribution is -2.21. The summed E-state index contributed by atoms with van der Waals surface area (Å²) in [6, 6.07) is 5.01. The lowest BCUT2D eigenvalue weighted by molar-refractivity contribution is 0.0592. The van der Waals surface area contributed by atoms with Crippen LogP contribution in [0.25, 0.3) is 0 Å². The quantitative estimate of drug-likeness (QED) is 0.738. The number of esters is 1. The number of pyridine rings is 1. The summed E-state index contributed by atoms with van der Waals surface area (Å²) in [6.07, 6.45) is 3.27. The SMILES string of the molecule is CCCc1c(C(=O)OC)nnn1CCn1ccccc1=O. The molecule has 0 aliphatic rings. The molecule has 0 aliphatic heterocycles. The van der Waals surface area contributed by atoms with Crippen molar-refractivity contribution >= 4 is 5.97 Å². The zero-order chi connectivity index (χ0) is 15.2. The average Bonchev–Trinajstić information content (AvgIpc) is 2.89. The molecule has 0 amide bonds. The van der Waals surface area contributed by atoms with Crippen LogP contribution in [0.3, 0.4) is 0 Å². The fourth-order valence-electron chi connectivity index (χ4n) is 2.10. The monoisotopic (exact) mass is 290 g/mol. The smallest absolute Gasteiger partial charge is 0.360 e. The predicted molar refractivity (Wildman–Crippen MR) is 76.1 cm³/mol. The summed E-state index contributed by atoms with van der Waals surface area (Å²) < 4.78 is 7.96. The van der Waals surface area contributed by atoms with Gasteiger partial charge in [0, 0.05) is 18.8 Å². The largest absolute Gasteiger partial charge is 0.464 e. The molecule has 0 unspecified atom stereocenters. The summed E-state index contributed by atoms with van der Waals surface area (Å²) in [6.45, 7) is 2.96. The van der Waals surface area contributed by atoms with E-state index in [1.165, 1.54) is 13.2 Å². The van der Waals surface area contributed by atoms with Gasteiger partial charge in [-0.15, -0.1) is 5.10 Å². The second kappa shape index (κ2) is 6.83. The number of nitrogens with zero attached hydrogens (tertiary/aromatic N) is 4. The molecule has 0 atom stereocenters. The van der Waals surface area contributed by atoms with Crippen LogP contribution in [0.1, 0.15) is 29.5 Å². The summed E-state index contributed by atoms with van der Waals surface area (Å²) in [5.41, 5.74) is 0.927. The summed E-state index contributed by atoms with van der Waals surface area (Å²) in [4.78, 5) is 23.3. The number of hydrogen-bond donors (Lipinski definition) is 0. The first-order valence-electron chi connectivity index (χ1n) is 6.83. The van der Waals surface area contributed by atoms with Gasteiger partial charge in [-0.2, -0.15) is 0 Å². The maximum atomic E-state index is 11.7. The Morgan fingerprint density at radius 3 is 2.81 bits per heavy atom. The van der Waals surface area contributed by atoms with Crippen molar-refractivity contribution in [1.82, 2.24) is 19.6 Å². The highest BCUT2D eigenvalue weighted by atomic mass is 16.5. The maximum Gasteiger partial charge on any atom is 0.360 e. The van der Waals surface area contributed by atoms with Crippen LogP contribution in [0.4, 0.5) is 0 Å². The molecule has 112 valence electrons. The van der Waals surface area contributed by atoms with E-state index in [2.05, 4.69) is 10.3 Å². The van der Waals surface area contributed by atoms with Crippen molar-refractivity contribution in [2.75, 3.05) is 7.11 Å². The van der Waals surface area contributed by atoms with Crippen LogP contribution in [-0.4, -0.2) is 32.6 Å². The first-order valence-corrected chi connectivity index (χ1v) is 6.83. The summed E-state index contributed by atoms with van der Waals surface area (Å²) >= 11 is 0. The molecule has 0 N–H and O–H groups in total. The minimum absolute atomic E-state index is 0.0668. The third-order valence-electron chi connectivity index (χ3n) is 3.15. The topological polar surface area (TPSA) is 79.0 Å². The van der Waals surface area contributed by atoms with Crippen LogP contribution in [0.5, 0.6) is 0 Å². The summed E-state index contributed by atoms with van der Waals surface area (Å²) in [5, 5.41) is 7.89. The molecular weight excluding hydrogens is 272 g/mol. The fraction of sp³-hybridized carbons (Fsp3) is 0.429. The summed E-state index contributed by atoms with van der Waals surface area (Å²) in [5.74, 6) is -0.485. The van der Waals surface area contributed by atoms with Gasteiger partial charge in [-0.25, -0.2) is 9.48 Å². The Bertz CT molecular complexity index is 675. The second-order valence-corrected chi connectivity index (χ2v) is 4.58. The van der Waals surface area contributed by atoms with Crippen LogP contribution in [0, 0.1) is 0 Å². The highest BCUT2D eigenvalue weighted by molar-refractivity contribution is 5.88. The van der Waals surface area contributed by atoms with Crippen molar-refractivity contribution in [2.24, 2.45) is 0 Å². The number of carbonyl (C=O) groups is 1. The second-order valence-electron chi connectivity index (χ2n) is 4.58. The lowest BCUT2D eigenvalue weighted by Gasteiger charge is -2.08. The first kappa shape index (κ1) is 15.0. The Kier molecular flexibility index (Phi) is 4.86. The predicted octanol–water partition coefficient (Wildman–Crippen LogP) is 0.879. The average molecular weight is 290 g/mol. The van der Waals surface area contributed by atoms with Gasteiger partial charge >= 0.3 is 5.97 Å². The van der Waals surface area contributed by atoms with Crippen molar-refractivity contribution < 1.29 is 9.53 Å². The highest BCUT2D eigenvalue weighted by Gasteiger charge is 2.19. The molecule has 21 heavy (non-hydrogen) atoms. The van der Waals surface area contributed by atoms with Crippen molar-refractivity contribution in [3.8, 4) is 0 Å². The van der Waals surface area contributed by atoms with Crippen LogP contribution >= 0.6 is 0 Å². The molecule has 0 saturated heterocycles. The van der Waals surface area contributed by atoms with Gasteiger partial charge < -0.3 is 9.30 Å². The van der Waals surface area contributed by atoms with Gasteiger partial charge in [0.2, 0.25) is 0 Å². The van der Waals surface area contributed by atoms with E-state index in [0.717, 1.165) is 12.1 Å². The highest BCUT2D eigenvalue weighted by Crippen LogP contribution is 2.10. The van der Waals surface area contributed by atoms with E-state index in [9.17, 15) is 9.59 Å². The first-order chi connectivity index (χ1) is 10.2. The van der Waals surface area contributed by atoms with Gasteiger partial charge in [-0.3, -0.25) is 4.79 Å². The number of hydrogen-bond acceptors (Lipinski definition) is 5. The van der Waals surface area contributed by atoms with E-state index in [-0.39, 0.29) is 11.3 Å². The van der Waals surface area contributed by atoms with Gasteiger partial charge in [0.1, 0.15) is 0 Å². The maximum absolute atomic E-state index is 11.7. The van der Waals surface area contributed by atoms with E-state index >= 15 is 0 Å². The molecular formula is C14H18N4O3. The zero-order valence-corrected chi connectivity index (χ0v) is 12.2. The van der Waals surface area contributed by atoms with E-state index in [0.29, 0.717) is 19.5 Å². The number of rotatable bonds is 6. The molecule has 0 fully saturated rings. The zero-order valence-electron chi connectivity index (χ0n) is 12.2. The van der Waals surface area contributed by atoms with E-state index in [4.69, 9.17) is 4.74 Å². The third-order valence-corrected chi connectivity index (χ3v) is 3.15. The fourth-order valence-corrected chi connectivity index (χ4v) is 2.10. The molecule has 0 aromatic carbocycles. The molecule has 2 aromatic rings. The Morgan fingerprint density at radius 2 is 2.14 bits per heavy atom. The molecule has 0 bridgehead atoms. The van der Waals surface area contributed by atoms with Gasteiger partial charge in [-0.1, -0.05) is 24.6 Å². The number of methoxy groups -OCH3 is 1. The van der Waals surface area contributed by atoms with Crippen LogP contribution in [0.15, 0.2) is 29.2 Å². The molecule has 2 heterocycles. The van der Waals surface area contributed by atoms with E-state index in [1.807, 2.05) is 6.92 Å². The van der Waals surface area contributed by atoms with Crippen molar-refractivity contribution in [1.29, 1.82) is 0 Å². The number of ether oxygens (including phenoxy) is 1. The molecule has 7 heteroatoms. The van der Waals surface area contributed by atoms with Gasteiger partial charge in [0.15, 0.2) is 5.69 Å². The Hall–Kier alpha value is -2.44. The van der Waals surface area contributed by atoms with Gasteiger partial charge in [0.25, 0.3) is 5.56 Å². The Balaban J connectivity index is 2.20. The molecule has 2 aromatic heterocycles. The Labute approximate surface area is 122 Å². The molecule has 7 nitrogen and oxygen atoms in total. The van der Waals surface area contributed by atoms with E-state index in [1.54, 1.807) is 27.6 Å². The standard InChI is InChI=1S/C14H18N4O3/c1-3-6-11-13(14(20)21-2)15-16-18(11)10-9-17-8-5-4-7-12(17)19/h4-5,7-8H,3,6,9-10H2,1-2H3. The van der Waals surface area contributed by atoms with Gasteiger partial charge in [-0.05, 0) is 12.5 Å². The van der Waals surface area contributed by atoms with Crippen LogP contribution < -0.4 is 5.56 Å². The molecule has 0 saturated carbocycles. The van der Waals surface area contributed by atoms with Crippen LogP contribution in [-0.2, 0) is 24.2 Å². The van der Waals surface area contributed by atoms with Crippen LogP contribution in [0.2, 0.25) is 0 Å². The molecule has 0 radical (unpaired) electrons. The normalized spacial score (nSPS) is 10.6.